The van der Waals surface area contributed by atoms with Crippen molar-refractivity contribution in [1.29, 1.82) is 0 Å². The van der Waals surface area contributed by atoms with Crippen LogP contribution in [0.4, 0.5) is 0 Å². The van der Waals surface area contributed by atoms with Crippen molar-refractivity contribution < 1.29 is 0 Å². The van der Waals surface area contributed by atoms with Gasteiger partial charge in [0.25, 0.3) is 0 Å². The minimum absolute atomic E-state index is 0.272. The molecule has 2 nitrogen and oxygen atoms in total. The van der Waals surface area contributed by atoms with E-state index >= 15 is 0 Å². The molecule has 0 amide bonds. The predicted molar refractivity (Wildman–Crippen MR) is 209 cm³/mol. The molecule has 0 saturated carbocycles. The fourth-order valence-electron chi connectivity index (χ4n) is 9.37. The maximum absolute atomic E-state index is 4.03. The van der Waals surface area contributed by atoms with Crippen molar-refractivity contribution in [3.05, 3.63) is 142 Å². The summed E-state index contributed by atoms with van der Waals surface area (Å²) in [5, 5.41) is 9.82. The van der Waals surface area contributed by atoms with Crippen LogP contribution < -0.4 is 15.8 Å². The van der Waals surface area contributed by atoms with Crippen molar-refractivity contribution >= 4 is 34.1 Å². The van der Waals surface area contributed by atoms with Gasteiger partial charge in [0.15, 0.2) is 0 Å². The molecule has 3 atom stereocenters. The Hall–Kier alpha value is -4.56. The van der Waals surface area contributed by atoms with Gasteiger partial charge in [0.1, 0.15) is 6.17 Å². The fourth-order valence-corrected chi connectivity index (χ4v) is 9.37. The van der Waals surface area contributed by atoms with Crippen LogP contribution in [-0.2, 0) is 0 Å². The van der Waals surface area contributed by atoms with E-state index in [1.54, 1.807) is 11.1 Å². The number of nitrogens with zero attached hydrogens (tertiary/aromatic N) is 1. The summed E-state index contributed by atoms with van der Waals surface area (Å²) >= 11 is 0. The van der Waals surface area contributed by atoms with Crippen molar-refractivity contribution in [3.8, 4) is 11.1 Å². The summed E-state index contributed by atoms with van der Waals surface area (Å²) in [4.78, 5) is 2.78. The average Bonchev–Trinajstić information content (AvgIpc) is 3.57. The lowest BCUT2D eigenvalue weighted by atomic mass is 9.80. The number of benzene rings is 3. The van der Waals surface area contributed by atoms with Gasteiger partial charge in [-0.05, 0) is 149 Å². The largest absolute Gasteiger partial charge is 0.363 e. The maximum Gasteiger partial charge on any atom is 0.122 e. The summed E-state index contributed by atoms with van der Waals surface area (Å²) in [6, 6.07) is 18.7. The molecule has 2 heteroatoms. The second-order valence-corrected chi connectivity index (χ2v) is 14.8. The average molecular weight is 641 g/mol. The first kappa shape index (κ1) is 30.5. The molecule has 1 heterocycles. The van der Waals surface area contributed by atoms with Crippen molar-refractivity contribution in [3.63, 3.8) is 0 Å². The van der Waals surface area contributed by atoms with Crippen molar-refractivity contribution in [2.45, 2.75) is 89.8 Å². The first-order valence-corrected chi connectivity index (χ1v) is 19.0. The van der Waals surface area contributed by atoms with Gasteiger partial charge in [-0.2, -0.15) is 0 Å². The predicted octanol–water partition coefficient (Wildman–Crippen LogP) is 10.2. The molecule has 1 N–H and O–H groups in total. The molecule has 5 aliphatic carbocycles. The zero-order chi connectivity index (χ0) is 32.7. The fraction of sp³-hybridized carbons (Fsp3) is 0.319. The van der Waals surface area contributed by atoms with Crippen LogP contribution in [-0.4, -0.2) is 17.1 Å². The Morgan fingerprint density at radius 1 is 0.755 bits per heavy atom. The highest BCUT2D eigenvalue weighted by Crippen LogP contribution is 2.41. The summed E-state index contributed by atoms with van der Waals surface area (Å²) in [5.74, 6) is 0.645. The Balaban J connectivity index is 1.16. The highest BCUT2D eigenvalue weighted by molar-refractivity contribution is 6.03. The van der Waals surface area contributed by atoms with Gasteiger partial charge in [-0.1, -0.05) is 110 Å². The lowest BCUT2D eigenvalue weighted by molar-refractivity contribution is 0.202. The number of hydrogen-bond acceptors (Lipinski definition) is 2. The van der Waals surface area contributed by atoms with E-state index in [9.17, 15) is 0 Å². The SMILES string of the molecule is CCC1C=CC=C(C2NC3=C(C=CCC3)N2C2CC=C(c3c4c(c(C5=CC=CCC5)c5ccc(-c6ccccc6)cc35)=CCCC=4)CC2)C1. The lowest BCUT2D eigenvalue weighted by Crippen LogP contribution is -2.46. The van der Waals surface area contributed by atoms with Gasteiger partial charge in [0.2, 0.25) is 0 Å². The van der Waals surface area contributed by atoms with E-state index in [0.717, 1.165) is 57.8 Å². The summed E-state index contributed by atoms with van der Waals surface area (Å²) in [5.41, 5.74) is 13.0. The lowest BCUT2D eigenvalue weighted by Gasteiger charge is -2.40. The minimum atomic E-state index is 0.272. The topological polar surface area (TPSA) is 15.3 Å². The van der Waals surface area contributed by atoms with Crippen LogP contribution in [0.3, 0.4) is 0 Å². The molecular weight excluding hydrogens is 593 g/mol. The first-order valence-electron chi connectivity index (χ1n) is 19.0. The number of hydrogen-bond donors (Lipinski definition) is 1. The third kappa shape index (κ3) is 5.50. The van der Waals surface area contributed by atoms with E-state index in [-0.39, 0.29) is 6.17 Å². The van der Waals surface area contributed by atoms with E-state index in [4.69, 9.17) is 0 Å². The Labute approximate surface area is 292 Å². The van der Waals surface area contributed by atoms with E-state index in [2.05, 4.69) is 133 Å². The van der Waals surface area contributed by atoms with E-state index in [0.29, 0.717) is 12.0 Å². The first-order chi connectivity index (χ1) is 24.3. The molecule has 6 aliphatic rings. The second-order valence-electron chi connectivity index (χ2n) is 14.8. The van der Waals surface area contributed by atoms with Gasteiger partial charge in [-0.15, -0.1) is 0 Å². The molecule has 0 aromatic heterocycles. The Morgan fingerprint density at radius 2 is 1.59 bits per heavy atom. The molecule has 0 bridgehead atoms. The highest BCUT2D eigenvalue weighted by atomic mass is 15.3. The molecule has 246 valence electrons. The van der Waals surface area contributed by atoms with E-state index in [1.807, 2.05) is 0 Å². The molecular formula is C47H48N2. The number of rotatable bonds is 6. The third-order valence-electron chi connectivity index (χ3n) is 11.9. The summed E-state index contributed by atoms with van der Waals surface area (Å²) in [6.07, 6.45) is 39.3. The van der Waals surface area contributed by atoms with Crippen LogP contribution in [0.2, 0.25) is 0 Å². The Bertz CT molecular complexity index is 2150. The van der Waals surface area contributed by atoms with Crippen LogP contribution in [0.25, 0.3) is 45.2 Å². The number of allylic oxidation sites excluding steroid dienone is 11. The Kier molecular flexibility index (Phi) is 8.12. The monoisotopic (exact) mass is 640 g/mol. The molecule has 9 rings (SSSR count). The smallest absolute Gasteiger partial charge is 0.122 e. The molecule has 0 fully saturated rings. The molecule has 49 heavy (non-hydrogen) atoms. The maximum atomic E-state index is 4.03. The van der Waals surface area contributed by atoms with E-state index < -0.39 is 0 Å². The van der Waals surface area contributed by atoms with Gasteiger partial charge >= 0.3 is 0 Å². The molecule has 0 saturated heterocycles. The van der Waals surface area contributed by atoms with Gasteiger partial charge in [-0.3, -0.25) is 0 Å². The highest BCUT2D eigenvalue weighted by Gasteiger charge is 2.38. The Morgan fingerprint density at radius 3 is 2.37 bits per heavy atom. The van der Waals surface area contributed by atoms with Crippen molar-refractivity contribution in [2.24, 2.45) is 5.92 Å². The minimum Gasteiger partial charge on any atom is -0.363 e. The summed E-state index contributed by atoms with van der Waals surface area (Å²) in [7, 11) is 0. The van der Waals surface area contributed by atoms with Crippen LogP contribution in [0.15, 0.2) is 120 Å². The number of nitrogens with one attached hydrogen (secondary N) is 1. The standard InChI is InChI=1S/C47H48N2/c1-2-32-14-13-19-37(30-32)47-48-43-22-11-12-23-44(43)49(47)38-27-24-35(25-28-38)46-40-21-10-9-20-39(40)45(34-17-7-4-8-18-34)41-29-26-36(31-42(41)46)33-15-5-3-6-16-33/h3-7,12-17,19-21,23-24,26,29,31-32,38,47-48H,2,8-11,18,22,25,27-28,30H2,1H3. The third-order valence-corrected chi connectivity index (χ3v) is 11.9. The van der Waals surface area contributed by atoms with E-state index in [1.165, 1.54) is 73.3 Å². The van der Waals surface area contributed by atoms with Gasteiger partial charge < -0.3 is 10.2 Å². The second kappa shape index (κ2) is 13.0. The summed E-state index contributed by atoms with van der Waals surface area (Å²) in [6.45, 7) is 2.33. The van der Waals surface area contributed by atoms with Crippen LogP contribution in [0, 0.1) is 5.92 Å². The molecule has 0 spiro atoms. The molecule has 3 unspecified atom stereocenters. The van der Waals surface area contributed by atoms with Crippen LogP contribution in [0.5, 0.6) is 0 Å². The quantitative estimate of drug-likeness (QED) is 0.288. The van der Waals surface area contributed by atoms with Crippen molar-refractivity contribution in [1.82, 2.24) is 10.2 Å². The molecule has 3 aromatic rings. The zero-order valence-electron chi connectivity index (χ0n) is 28.9. The van der Waals surface area contributed by atoms with Crippen LogP contribution >= 0.6 is 0 Å². The van der Waals surface area contributed by atoms with Gasteiger partial charge in [0.05, 0.1) is 5.70 Å². The number of fused-ring (bicyclic) bond motifs is 2. The van der Waals surface area contributed by atoms with Gasteiger partial charge in [0, 0.05) is 11.7 Å². The zero-order valence-corrected chi connectivity index (χ0v) is 28.9. The molecule has 1 aliphatic heterocycles. The van der Waals surface area contributed by atoms with Crippen molar-refractivity contribution in [2.75, 3.05) is 0 Å². The summed E-state index contributed by atoms with van der Waals surface area (Å²) < 4.78 is 0. The van der Waals surface area contributed by atoms with Crippen LogP contribution in [0.1, 0.15) is 88.7 Å². The molecule has 3 aromatic carbocycles. The van der Waals surface area contributed by atoms with Gasteiger partial charge in [-0.25, -0.2) is 0 Å². The molecule has 0 radical (unpaired) electrons. The normalized spacial score (nSPS) is 24.4.